The smallest absolute Gasteiger partial charge is 0.260 e. The zero-order valence-corrected chi connectivity index (χ0v) is 15.4. The first-order valence-corrected chi connectivity index (χ1v) is 10.3. The fourth-order valence-corrected chi connectivity index (χ4v) is 5.11. The van der Waals surface area contributed by atoms with E-state index in [1.807, 2.05) is 4.90 Å². The number of hydrogen-bond donors (Lipinski definition) is 0. The van der Waals surface area contributed by atoms with E-state index in [2.05, 4.69) is 9.97 Å². The molecule has 1 aliphatic heterocycles. The Labute approximate surface area is 152 Å². The van der Waals surface area contributed by atoms with Gasteiger partial charge in [-0.2, -0.15) is 0 Å². The summed E-state index contributed by atoms with van der Waals surface area (Å²) in [5.41, 5.74) is 1.36. The van der Waals surface area contributed by atoms with Gasteiger partial charge in [0, 0.05) is 18.0 Å². The number of thiophene rings is 1. The molecule has 4 rings (SSSR count). The number of hydrogen-bond acceptors (Lipinski definition) is 5. The van der Waals surface area contributed by atoms with Gasteiger partial charge in [0.1, 0.15) is 11.2 Å². The molecule has 2 aliphatic rings. The van der Waals surface area contributed by atoms with Crippen molar-refractivity contribution in [1.82, 2.24) is 14.9 Å². The number of aryl methyl sites for hydroxylation is 2. The van der Waals surface area contributed by atoms with E-state index in [1.165, 1.54) is 42.5 Å². The van der Waals surface area contributed by atoms with Crippen LogP contribution in [0.5, 0.6) is 5.88 Å². The van der Waals surface area contributed by atoms with Crippen LogP contribution in [0.25, 0.3) is 10.2 Å². The van der Waals surface area contributed by atoms with Crippen molar-refractivity contribution in [3.05, 3.63) is 16.8 Å². The van der Waals surface area contributed by atoms with Gasteiger partial charge >= 0.3 is 0 Å². The highest BCUT2D eigenvalue weighted by Gasteiger charge is 2.21. The Kier molecular flexibility index (Phi) is 5.15. The molecule has 2 aromatic rings. The summed E-state index contributed by atoms with van der Waals surface area (Å²) >= 11 is 1.77. The minimum atomic E-state index is 0.0787. The van der Waals surface area contributed by atoms with Crippen LogP contribution in [0.2, 0.25) is 0 Å². The zero-order chi connectivity index (χ0) is 17.1. The van der Waals surface area contributed by atoms with Crippen molar-refractivity contribution < 1.29 is 9.53 Å². The molecule has 0 radical (unpaired) electrons. The van der Waals surface area contributed by atoms with Crippen molar-refractivity contribution in [2.24, 2.45) is 0 Å². The zero-order valence-electron chi connectivity index (χ0n) is 14.6. The largest absolute Gasteiger partial charge is 0.467 e. The van der Waals surface area contributed by atoms with Gasteiger partial charge in [-0.05, 0) is 44.1 Å². The summed E-state index contributed by atoms with van der Waals surface area (Å²) in [7, 11) is 0. The van der Waals surface area contributed by atoms with Gasteiger partial charge in [-0.15, -0.1) is 11.3 Å². The first kappa shape index (κ1) is 16.8. The standard InChI is InChI=1S/C19H25N3O2S/c23-16(22-10-6-1-2-7-11-22)12-24-18-17-14-8-4-3-5-9-15(14)25-19(17)21-13-20-18/h13H,1-12H2. The summed E-state index contributed by atoms with van der Waals surface area (Å²) in [5.74, 6) is 0.669. The lowest BCUT2D eigenvalue weighted by molar-refractivity contribution is -0.133. The molecule has 0 saturated carbocycles. The van der Waals surface area contributed by atoms with Crippen LogP contribution >= 0.6 is 11.3 Å². The van der Waals surface area contributed by atoms with Gasteiger partial charge in [-0.25, -0.2) is 9.97 Å². The third kappa shape index (κ3) is 3.64. The number of ether oxygens (including phenoxy) is 1. The number of amides is 1. The normalized spacial score (nSPS) is 18.5. The Morgan fingerprint density at radius 1 is 1.04 bits per heavy atom. The minimum Gasteiger partial charge on any atom is -0.467 e. The first-order chi connectivity index (χ1) is 12.3. The number of carbonyl (C=O) groups is 1. The monoisotopic (exact) mass is 359 g/mol. The topological polar surface area (TPSA) is 55.3 Å². The number of carbonyl (C=O) groups excluding carboxylic acids is 1. The van der Waals surface area contributed by atoms with Gasteiger partial charge in [0.2, 0.25) is 5.88 Å². The molecule has 25 heavy (non-hydrogen) atoms. The quantitative estimate of drug-likeness (QED) is 0.784. The molecule has 2 aromatic heterocycles. The highest BCUT2D eigenvalue weighted by molar-refractivity contribution is 7.18. The van der Waals surface area contributed by atoms with Crippen LogP contribution in [0.3, 0.4) is 0 Å². The van der Waals surface area contributed by atoms with Gasteiger partial charge < -0.3 is 9.64 Å². The Bertz CT molecular complexity index is 750. The predicted octanol–water partition coefficient (Wildman–Crippen LogP) is 3.74. The van der Waals surface area contributed by atoms with Crippen LogP contribution in [0, 0.1) is 0 Å². The Morgan fingerprint density at radius 2 is 1.80 bits per heavy atom. The Hall–Kier alpha value is -1.69. The second-order valence-electron chi connectivity index (χ2n) is 7.01. The third-order valence-corrected chi connectivity index (χ3v) is 6.46. The molecule has 3 heterocycles. The summed E-state index contributed by atoms with van der Waals surface area (Å²) in [4.78, 5) is 25.7. The molecular formula is C19H25N3O2S. The molecule has 1 aliphatic carbocycles. The molecule has 0 unspecified atom stereocenters. The van der Waals surface area contributed by atoms with E-state index < -0.39 is 0 Å². The molecule has 0 spiro atoms. The fraction of sp³-hybridized carbons (Fsp3) is 0.632. The van der Waals surface area contributed by atoms with Crippen molar-refractivity contribution in [3.8, 4) is 5.88 Å². The predicted molar refractivity (Wildman–Crippen MR) is 99.2 cm³/mol. The van der Waals surface area contributed by atoms with Gasteiger partial charge in [-0.3, -0.25) is 4.79 Å². The highest BCUT2D eigenvalue weighted by Crippen LogP contribution is 2.38. The summed E-state index contributed by atoms with van der Waals surface area (Å²) in [6, 6.07) is 0. The first-order valence-electron chi connectivity index (χ1n) is 9.49. The molecule has 1 saturated heterocycles. The fourth-order valence-electron chi connectivity index (χ4n) is 3.89. The van der Waals surface area contributed by atoms with Crippen molar-refractivity contribution in [2.45, 2.75) is 57.8 Å². The van der Waals surface area contributed by atoms with Crippen molar-refractivity contribution >= 4 is 27.5 Å². The van der Waals surface area contributed by atoms with E-state index in [-0.39, 0.29) is 12.5 Å². The maximum atomic E-state index is 12.5. The molecule has 6 heteroatoms. The summed E-state index contributed by atoms with van der Waals surface area (Å²) in [5, 5.41) is 1.05. The van der Waals surface area contributed by atoms with E-state index in [1.54, 1.807) is 17.7 Å². The molecule has 0 N–H and O–H groups in total. The molecule has 1 amide bonds. The number of likely N-dealkylation sites (tertiary alicyclic amines) is 1. The SMILES string of the molecule is O=C(COc1ncnc2sc3c(c12)CCCCC3)N1CCCCCC1. The highest BCUT2D eigenvalue weighted by atomic mass is 32.1. The van der Waals surface area contributed by atoms with Crippen LogP contribution in [0.15, 0.2) is 6.33 Å². The molecule has 5 nitrogen and oxygen atoms in total. The average molecular weight is 359 g/mol. The molecule has 0 bridgehead atoms. The average Bonchev–Trinajstić information content (AvgIpc) is 2.85. The second-order valence-corrected chi connectivity index (χ2v) is 8.09. The molecule has 0 aromatic carbocycles. The lowest BCUT2D eigenvalue weighted by atomic mass is 10.1. The van der Waals surface area contributed by atoms with Gasteiger partial charge in [0.05, 0.1) is 5.39 Å². The Morgan fingerprint density at radius 3 is 2.64 bits per heavy atom. The lowest BCUT2D eigenvalue weighted by Crippen LogP contribution is -2.35. The van der Waals surface area contributed by atoms with E-state index >= 15 is 0 Å². The third-order valence-electron chi connectivity index (χ3n) is 5.26. The van der Waals surface area contributed by atoms with Crippen molar-refractivity contribution in [2.75, 3.05) is 19.7 Å². The van der Waals surface area contributed by atoms with E-state index in [4.69, 9.17) is 4.74 Å². The molecule has 134 valence electrons. The summed E-state index contributed by atoms with van der Waals surface area (Å²) in [6.07, 6.45) is 12.1. The molecule has 0 atom stereocenters. The Balaban J connectivity index is 1.53. The maximum Gasteiger partial charge on any atom is 0.260 e. The summed E-state index contributed by atoms with van der Waals surface area (Å²) in [6.45, 7) is 1.79. The van der Waals surface area contributed by atoms with Gasteiger partial charge in [0.15, 0.2) is 6.61 Å². The van der Waals surface area contributed by atoms with Crippen LogP contribution in [0.4, 0.5) is 0 Å². The lowest BCUT2D eigenvalue weighted by Gasteiger charge is -2.20. The van der Waals surface area contributed by atoms with Crippen LogP contribution in [0.1, 0.15) is 55.4 Å². The van der Waals surface area contributed by atoms with Crippen LogP contribution in [-0.2, 0) is 17.6 Å². The van der Waals surface area contributed by atoms with Gasteiger partial charge in [-0.1, -0.05) is 19.3 Å². The number of nitrogens with zero attached hydrogens (tertiary/aromatic N) is 3. The van der Waals surface area contributed by atoms with Crippen LogP contribution in [-0.4, -0.2) is 40.5 Å². The minimum absolute atomic E-state index is 0.0787. The van der Waals surface area contributed by atoms with E-state index in [0.29, 0.717) is 5.88 Å². The number of fused-ring (bicyclic) bond motifs is 3. The van der Waals surface area contributed by atoms with Crippen molar-refractivity contribution in [1.29, 1.82) is 0 Å². The molecule has 1 fully saturated rings. The van der Waals surface area contributed by atoms with Gasteiger partial charge in [0.25, 0.3) is 5.91 Å². The van der Waals surface area contributed by atoms with Crippen LogP contribution < -0.4 is 4.74 Å². The van der Waals surface area contributed by atoms with E-state index in [0.717, 1.165) is 49.0 Å². The summed E-state index contributed by atoms with van der Waals surface area (Å²) < 4.78 is 5.90. The second kappa shape index (κ2) is 7.68. The van der Waals surface area contributed by atoms with E-state index in [9.17, 15) is 4.79 Å². The number of rotatable bonds is 3. The molecular weight excluding hydrogens is 334 g/mol. The maximum absolute atomic E-state index is 12.5. The number of aromatic nitrogens is 2. The van der Waals surface area contributed by atoms with Crippen molar-refractivity contribution in [3.63, 3.8) is 0 Å².